The van der Waals surface area contributed by atoms with Crippen molar-refractivity contribution in [2.45, 2.75) is 38.6 Å². The first-order valence-corrected chi connectivity index (χ1v) is 10.5. The number of hydrogen-bond acceptors (Lipinski definition) is 5. The minimum absolute atomic E-state index is 0.113. The molecule has 0 amide bonds. The van der Waals surface area contributed by atoms with Crippen LogP contribution < -0.4 is 10.5 Å². The summed E-state index contributed by atoms with van der Waals surface area (Å²) < 4.78 is 1.48. The highest BCUT2D eigenvalue weighted by atomic mass is 35.5. The van der Waals surface area contributed by atoms with Crippen LogP contribution in [0.5, 0.6) is 0 Å². The van der Waals surface area contributed by atoms with Crippen molar-refractivity contribution in [2.24, 2.45) is 0 Å². The van der Waals surface area contributed by atoms with Gasteiger partial charge in [-0.1, -0.05) is 29.8 Å². The van der Waals surface area contributed by atoms with Crippen molar-refractivity contribution in [1.82, 2.24) is 19.7 Å². The highest BCUT2D eigenvalue weighted by Gasteiger charge is 2.23. The number of nitrogens with zero attached hydrogens (tertiary/aromatic N) is 5. The molecule has 0 spiro atoms. The third-order valence-electron chi connectivity index (χ3n) is 5.74. The maximum atomic E-state index is 12.6. The van der Waals surface area contributed by atoms with Crippen LogP contribution in [0, 0.1) is 0 Å². The first kappa shape index (κ1) is 18.3. The van der Waals surface area contributed by atoms with Gasteiger partial charge in [0, 0.05) is 35.9 Å². The summed E-state index contributed by atoms with van der Waals surface area (Å²) in [7, 11) is 0. The average molecular weight is 408 g/mol. The molecule has 1 fully saturated rings. The van der Waals surface area contributed by atoms with Crippen LogP contribution in [0.3, 0.4) is 0 Å². The maximum absolute atomic E-state index is 12.6. The molecule has 2 aromatic heterocycles. The molecular weight excluding hydrogens is 386 g/mol. The zero-order valence-corrected chi connectivity index (χ0v) is 16.9. The predicted molar refractivity (Wildman–Crippen MR) is 114 cm³/mol. The molecular formula is C22H22ClN5O. The van der Waals surface area contributed by atoms with Crippen LogP contribution in [0.25, 0.3) is 11.3 Å². The van der Waals surface area contributed by atoms with Gasteiger partial charge in [-0.2, -0.15) is 5.10 Å². The lowest BCUT2D eigenvalue weighted by atomic mass is 9.94. The van der Waals surface area contributed by atoms with Crippen LogP contribution in [0.1, 0.15) is 36.1 Å². The molecule has 2 aliphatic rings. The summed E-state index contributed by atoms with van der Waals surface area (Å²) in [5.74, 6) is 0.816. The monoisotopic (exact) mass is 407 g/mol. The van der Waals surface area contributed by atoms with E-state index in [1.54, 1.807) is 6.07 Å². The quantitative estimate of drug-likeness (QED) is 0.665. The molecule has 0 N–H and O–H groups in total. The van der Waals surface area contributed by atoms with Crippen LogP contribution in [0.2, 0.25) is 5.02 Å². The van der Waals surface area contributed by atoms with E-state index in [0.29, 0.717) is 11.6 Å². The molecule has 29 heavy (non-hydrogen) atoms. The van der Waals surface area contributed by atoms with E-state index in [4.69, 9.17) is 16.6 Å². The van der Waals surface area contributed by atoms with Crippen molar-refractivity contribution in [1.29, 1.82) is 0 Å². The van der Waals surface area contributed by atoms with E-state index >= 15 is 0 Å². The standard InChI is InChI=1S/C22H22ClN5O/c23-18-7-3-2-6-16(18)14-28-20(29)12-15-8-9-19-17(21(15)26-28)13-24-22(25-19)27-10-4-1-5-11-27/h2-3,6-7,12-13H,1,4-5,8-11,14H2. The summed E-state index contributed by atoms with van der Waals surface area (Å²) in [6, 6.07) is 9.22. The molecule has 6 nitrogen and oxygen atoms in total. The zero-order chi connectivity index (χ0) is 19.8. The second-order valence-electron chi connectivity index (χ2n) is 7.68. The molecule has 0 unspecified atom stereocenters. The summed E-state index contributed by atoms with van der Waals surface area (Å²) in [4.78, 5) is 24.4. The third kappa shape index (κ3) is 3.53. The highest BCUT2D eigenvalue weighted by Crippen LogP contribution is 2.31. The number of rotatable bonds is 3. The second-order valence-corrected chi connectivity index (χ2v) is 8.09. The molecule has 0 saturated carbocycles. The van der Waals surface area contributed by atoms with E-state index in [1.165, 1.54) is 23.9 Å². The molecule has 0 radical (unpaired) electrons. The summed E-state index contributed by atoms with van der Waals surface area (Å²) >= 11 is 6.27. The number of anilines is 1. The van der Waals surface area contributed by atoms with E-state index in [0.717, 1.165) is 60.0 Å². The summed E-state index contributed by atoms with van der Waals surface area (Å²) in [5, 5.41) is 5.32. The molecule has 1 saturated heterocycles. The Balaban J connectivity index is 1.51. The Hall–Kier alpha value is -2.73. The van der Waals surface area contributed by atoms with Crippen molar-refractivity contribution in [3.05, 3.63) is 68.7 Å². The molecule has 1 aromatic carbocycles. The Morgan fingerprint density at radius 1 is 1.07 bits per heavy atom. The first-order valence-electron chi connectivity index (χ1n) is 10.1. The summed E-state index contributed by atoms with van der Waals surface area (Å²) in [5.41, 5.74) is 4.48. The van der Waals surface area contributed by atoms with Gasteiger partial charge in [0.25, 0.3) is 5.56 Å². The highest BCUT2D eigenvalue weighted by molar-refractivity contribution is 6.31. The van der Waals surface area contributed by atoms with E-state index in [2.05, 4.69) is 15.0 Å². The smallest absolute Gasteiger partial charge is 0.267 e. The normalized spacial score (nSPS) is 15.7. The fraction of sp³-hybridized carbons (Fsp3) is 0.364. The van der Waals surface area contributed by atoms with Gasteiger partial charge in [0.2, 0.25) is 5.95 Å². The topological polar surface area (TPSA) is 63.9 Å². The van der Waals surface area contributed by atoms with Gasteiger partial charge in [-0.15, -0.1) is 0 Å². The lowest BCUT2D eigenvalue weighted by Crippen LogP contribution is -2.31. The fourth-order valence-electron chi connectivity index (χ4n) is 4.14. The Labute approximate surface area is 174 Å². The minimum Gasteiger partial charge on any atom is -0.341 e. The predicted octanol–water partition coefficient (Wildman–Crippen LogP) is 3.49. The van der Waals surface area contributed by atoms with Gasteiger partial charge in [-0.25, -0.2) is 14.6 Å². The lowest BCUT2D eigenvalue weighted by molar-refractivity contribution is 0.567. The summed E-state index contributed by atoms with van der Waals surface area (Å²) in [6.45, 7) is 2.38. The van der Waals surface area contributed by atoms with Crippen molar-refractivity contribution in [3.63, 3.8) is 0 Å². The molecule has 0 bridgehead atoms. The van der Waals surface area contributed by atoms with Crippen LogP contribution in [-0.2, 0) is 19.4 Å². The maximum Gasteiger partial charge on any atom is 0.267 e. The molecule has 1 aliphatic carbocycles. The Morgan fingerprint density at radius 3 is 2.72 bits per heavy atom. The molecule has 7 heteroatoms. The lowest BCUT2D eigenvalue weighted by Gasteiger charge is -2.28. The van der Waals surface area contributed by atoms with E-state index in [1.807, 2.05) is 30.5 Å². The molecule has 5 rings (SSSR count). The molecule has 3 heterocycles. The van der Waals surface area contributed by atoms with Crippen molar-refractivity contribution in [2.75, 3.05) is 18.0 Å². The Morgan fingerprint density at radius 2 is 1.90 bits per heavy atom. The van der Waals surface area contributed by atoms with E-state index < -0.39 is 0 Å². The van der Waals surface area contributed by atoms with Crippen molar-refractivity contribution < 1.29 is 0 Å². The van der Waals surface area contributed by atoms with E-state index in [-0.39, 0.29) is 5.56 Å². The van der Waals surface area contributed by atoms with Gasteiger partial charge < -0.3 is 4.90 Å². The molecule has 1 aliphatic heterocycles. The summed E-state index contributed by atoms with van der Waals surface area (Å²) in [6.07, 6.45) is 7.12. The average Bonchev–Trinajstić information content (AvgIpc) is 2.76. The minimum atomic E-state index is -0.113. The zero-order valence-electron chi connectivity index (χ0n) is 16.1. The van der Waals surface area contributed by atoms with Gasteiger partial charge in [-0.05, 0) is 49.3 Å². The fourth-order valence-corrected chi connectivity index (χ4v) is 4.33. The molecule has 0 atom stereocenters. The third-order valence-corrected chi connectivity index (χ3v) is 6.10. The molecule has 148 valence electrons. The van der Waals surface area contributed by atoms with Crippen LogP contribution in [-0.4, -0.2) is 32.8 Å². The Kier molecular flexibility index (Phi) is 4.79. The number of fused-ring (bicyclic) bond motifs is 3. The van der Waals surface area contributed by atoms with Crippen LogP contribution in [0.15, 0.2) is 41.3 Å². The number of aromatic nitrogens is 4. The number of benzene rings is 1. The van der Waals surface area contributed by atoms with Gasteiger partial charge in [-0.3, -0.25) is 4.79 Å². The van der Waals surface area contributed by atoms with Gasteiger partial charge in [0.05, 0.1) is 17.9 Å². The van der Waals surface area contributed by atoms with Gasteiger partial charge >= 0.3 is 0 Å². The van der Waals surface area contributed by atoms with E-state index in [9.17, 15) is 4.79 Å². The molecule has 3 aromatic rings. The van der Waals surface area contributed by atoms with Gasteiger partial charge in [0.1, 0.15) is 0 Å². The second kappa shape index (κ2) is 7.59. The number of aryl methyl sites for hydroxylation is 2. The van der Waals surface area contributed by atoms with Gasteiger partial charge in [0.15, 0.2) is 0 Å². The number of hydrogen-bond donors (Lipinski definition) is 0. The largest absolute Gasteiger partial charge is 0.341 e. The van der Waals surface area contributed by atoms with Crippen LogP contribution in [0.4, 0.5) is 5.95 Å². The van der Waals surface area contributed by atoms with Crippen LogP contribution >= 0.6 is 11.6 Å². The SMILES string of the molecule is O=c1cc2c(nn1Cc1ccccc1Cl)-c1cnc(N3CCCCC3)nc1CC2. The number of piperidine rings is 1. The number of halogens is 1. The van der Waals surface area contributed by atoms with Crippen molar-refractivity contribution >= 4 is 17.5 Å². The first-order chi connectivity index (χ1) is 14.2. The van der Waals surface area contributed by atoms with Crippen molar-refractivity contribution in [3.8, 4) is 11.3 Å². The Bertz CT molecular complexity index is 1120.